The minimum Gasteiger partial charge on any atom is -0.491 e. The van der Waals surface area contributed by atoms with Crippen LogP contribution in [0.1, 0.15) is 6.42 Å². The van der Waals surface area contributed by atoms with Crippen molar-refractivity contribution in [3.8, 4) is 17.0 Å². The molecule has 0 atom stereocenters. The molecule has 0 spiro atoms. The molecular formula is C16H19N3O3S. The SMILES string of the molecule is Nc1cc(-c2cscn2)ccc1OCCC(=O)N1CCOCC1. The van der Waals surface area contributed by atoms with E-state index in [9.17, 15) is 4.79 Å². The summed E-state index contributed by atoms with van der Waals surface area (Å²) in [7, 11) is 0. The van der Waals surface area contributed by atoms with Gasteiger partial charge in [0.15, 0.2) is 0 Å². The standard InChI is InChI=1S/C16H19N3O3S/c17-13-9-12(14-10-23-11-18-14)1-2-15(13)22-6-3-16(20)19-4-7-21-8-5-19/h1-2,9-11H,3-8,17H2. The van der Waals surface area contributed by atoms with Crippen LogP contribution in [0.3, 0.4) is 0 Å². The smallest absolute Gasteiger partial charge is 0.226 e. The molecule has 122 valence electrons. The molecule has 1 aromatic carbocycles. The third-order valence-corrected chi connectivity index (χ3v) is 4.26. The number of carbonyl (C=O) groups is 1. The molecule has 1 aliphatic rings. The molecule has 0 radical (unpaired) electrons. The molecule has 3 rings (SSSR count). The zero-order valence-corrected chi connectivity index (χ0v) is 13.6. The number of nitrogen functional groups attached to an aromatic ring is 1. The average molecular weight is 333 g/mol. The highest BCUT2D eigenvalue weighted by Gasteiger charge is 2.16. The molecule has 1 saturated heterocycles. The van der Waals surface area contributed by atoms with Gasteiger partial charge in [0.05, 0.1) is 43.1 Å². The number of carbonyl (C=O) groups excluding carboxylic acids is 1. The molecule has 0 bridgehead atoms. The number of nitrogens with zero attached hydrogens (tertiary/aromatic N) is 2. The topological polar surface area (TPSA) is 77.7 Å². The largest absolute Gasteiger partial charge is 0.491 e. The van der Waals surface area contributed by atoms with Crippen molar-refractivity contribution < 1.29 is 14.3 Å². The molecule has 0 aliphatic carbocycles. The monoisotopic (exact) mass is 333 g/mol. The van der Waals surface area contributed by atoms with E-state index < -0.39 is 0 Å². The molecule has 1 aromatic heterocycles. The number of ether oxygens (including phenoxy) is 2. The summed E-state index contributed by atoms with van der Waals surface area (Å²) >= 11 is 1.54. The summed E-state index contributed by atoms with van der Waals surface area (Å²) in [6.45, 7) is 2.85. The van der Waals surface area contributed by atoms with E-state index in [-0.39, 0.29) is 5.91 Å². The van der Waals surface area contributed by atoms with Crippen LogP contribution in [-0.4, -0.2) is 48.7 Å². The van der Waals surface area contributed by atoms with Gasteiger partial charge in [0.25, 0.3) is 0 Å². The molecule has 23 heavy (non-hydrogen) atoms. The highest BCUT2D eigenvalue weighted by molar-refractivity contribution is 7.07. The molecule has 0 saturated carbocycles. The van der Waals surface area contributed by atoms with Crippen molar-refractivity contribution in [1.82, 2.24) is 9.88 Å². The van der Waals surface area contributed by atoms with E-state index in [1.807, 2.05) is 28.5 Å². The zero-order valence-electron chi connectivity index (χ0n) is 12.7. The van der Waals surface area contributed by atoms with Crippen LogP contribution in [0.15, 0.2) is 29.1 Å². The second-order valence-electron chi connectivity index (χ2n) is 5.22. The van der Waals surface area contributed by atoms with E-state index >= 15 is 0 Å². The van der Waals surface area contributed by atoms with Crippen LogP contribution < -0.4 is 10.5 Å². The zero-order chi connectivity index (χ0) is 16.1. The fourth-order valence-corrected chi connectivity index (χ4v) is 2.97. The van der Waals surface area contributed by atoms with Crippen molar-refractivity contribution in [1.29, 1.82) is 0 Å². The fourth-order valence-electron chi connectivity index (χ4n) is 2.41. The van der Waals surface area contributed by atoms with Gasteiger partial charge in [-0.3, -0.25) is 4.79 Å². The summed E-state index contributed by atoms with van der Waals surface area (Å²) in [6.07, 6.45) is 0.341. The molecule has 0 unspecified atom stereocenters. The minimum absolute atomic E-state index is 0.0889. The number of morpholine rings is 1. The van der Waals surface area contributed by atoms with Crippen LogP contribution in [-0.2, 0) is 9.53 Å². The summed E-state index contributed by atoms with van der Waals surface area (Å²) in [4.78, 5) is 18.1. The molecule has 2 N–H and O–H groups in total. The maximum absolute atomic E-state index is 12.0. The first-order valence-corrected chi connectivity index (χ1v) is 8.45. The Kier molecular flexibility index (Phi) is 5.09. The van der Waals surface area contributed by atoms with Crippen LogP contribution in [0.25, 0.3) is 11.3 Å². The average Bonchev–Trinajstić information content (AvgIpc) is 3.11. The molecule has 1 aliphatic heterocycles. The number of hydrogen-bond donors (Lipinski definition) is 1. The number of anilines is 1. The Hall–Kier alpha value is -2.12. The predicted octanol–water partition coefficient (Wildman–Crippen LogP) is 2.02. The number of hydrogen-bond acceptors (Lipinski definition) is 6. The van der Waals surface area contributed by atoms with Crippen LogP contribution in [0.4, 0.5) is 5.69 Å². The van der Waals surface area contributed by atoms with Gasteiger partial charge in [-0.05, 0) is 18.2 Å². The van der Waals surface area contributed by atoms with Gasteiger partial charge in [-0.25, -0.2) is 4.98 Å². The third-order valence-electron chi connectivity index (χ3n) is 3.68. The number of amides is 1. The molecule has 1 amide bonds. The van der Waals surface area contributed by atoms with Gasteiger partial charge in [-0.15, -0.1) is 11.3 Å². The number of thiazole rings is 1. The Labute approximate surface area is 138 Å². The van der Waals surface area contributed by atoms with Crippen molar-refractivity contribution in [2.45, 2.75) is 6.42 Å². The third kappa shape index (κ3) is 4.00. The number of nitrogens with two attached hydrogens (primary N) is 1. The van der Waals surface area contributed by atoms with Gasteiger partial charge in [-0.2, -0.15) is 0 Å². The molecule has 7 heteroatoms. The first-order chi connectivity index (χ1) is 11.2. The van der Waals surface area contributed by atoms with Crippen LogP contribution >= 0.6 is 11.3 Å². The van der Waals surface area contributed by atoms with Gasteiger partial charge in [-0.1, -0.05) is 0 Å². The van der Waals surface area contributed by atoms with Gasteiger partial charge < -0.3 is 20.1 Å². The maximum atomic E-state index is 12.0. The van der Waals surface area contributed by atoms with Gasteiger partial charge in [0, 0.05) is 24.0 Å². The number of rotatable bonds is 5. The van der Waals surface area contributed by atoms with Crippen LogP contribution in [0.5, 0.6) is 5.75 Å². The summed E-state index contributed by atoms with van der Waals surface area (Å²) in [5.41, 5.74) is 10.2. The van der Waals surface area contributed by atoms with E-state index in [1.54, 1.807) is 16.8 Å². The molecular weight excluding hydrogens is 314 g/mol. The number of aromatic nitrogens is 1. The Morgan fingerprint density at radius 2 is 2.22 bits per heavy atom. The summed E-state index contributed by atoms with van der Waals surface area (Å²) in [5, 5.41) is 1.97. The van der Waals surface area contributed by atoms with Gasteiger partial charge in [0.2, 0.25) is 5.91 Å². The van der Waals surface area contributed by atoms with Crippen molar-refractivity contribution in [3.63, 3.8) is 0 Å². The lowest BCUT2D eigenvalue weighted by molar-refractivity contribution is -0.135. The van der Waals surface area contributed by atoms with Gasteiger partial charge in [0.1, 0.15) is 5.75 Å². The highest BCUT2D eigenvalue weighted by atomic mass is 32.1. The van der Waals surface area contributed by atoms with Crippen molar-refractivity contribution in [3.05, 3.63) is 29.1 Å². The predicted molar refractivity (Wildman–Crippen MR) is 89.5 cm³/mol. The first-order valence-electron chi connectivity index (χ1n) is 7.50. The van der Waals surface area contributed by atoms with Crippen molar-refractivity contribution in [2.75, 3.05) is 38.6 Å². The highest BCUT2D eigenvalue weighted by Crippen LogP contribution is 2.28. The van der Waals surface area contributed by atoms with E-state index in [0.29, 0.717) is 50.8 Å². The summed E-state index contributed by atoms with van der Waals surface area (Å²) < 4.78 is 10.9. The Morgan fingerprint density at radius 1 is 1.39 bits per heavy atom. The van der Waals surface area contributed by atoms with E-state index in [1.165, 1.54) is 0 Å². The maximum Gasteiger partial charge on any atom is 0.226 e. The Balaban J connectivity index is 1.53. The Morgan fingerprint density at radius 3 is 2.91 bits per heavy atom. The molecule has 1 fully saturated rings. The lowest BCUT2D eigenvalue weighted by atomic mass is 10.1. The molecule has 2 heterocycles. The Bertz CT molecular complexity index is 655. The molecule has 2 aromatic rings. The fraction of sp³-hybridized carbons (Fsp3) is 0.375. The van der Waals surface area contributed by atoms with Crippen LogP contribution in [0.2, 0.25) is 0 Å². The normalized spacial score (nSPS) is 14.7. The summed E-state index contributed by atoms with van der Waals surface area (Å²) in [5.74, 6) is 0.685. The second kappa shape index (κ2) is 7.43. The van der Waals surface area contributed by atoms with Gasteiger partial charge >= 0.3 is 0 Å². The van der Waals surface area contributed by atoms with E-state index in [0.717, 1.165) is 11.3 Å². The minimum atomic E-state index is 0.0889. The quantitative estimate of drug-likeness (QED) is 0.847. The second-order valence-corrected chi connectivity index (χ2v) is 5.94. The lowest BCUT2D eigenvalue weighted by Gasteiger charge is -2.26. The lowest BCUT2D eigenvalue weighted by Crippen LogP contribution is -2.41. The number of benzene rings is 1. The van der Waals surface area contributed by atoms with Crippen molar-refractivity contribution in [2.24, 2.45) is 0 Å². The molecule has 6 nitrogen and oxygen atoms in total. The summed E-state index contributed by atoms with van der Waals surface area (Å²) in [6, 6.07) is 5.59. The van der Waals surface area contributed by atoms with Crippen LogP contribution in [0, 0.1) is 0 Å². The van der Waals surface area contributed by atoms with E-state index in [2.05, 4.69) is 4.98 Å². The first kappa shape index (κ1) is 15.8. The van der Waals surface area contributed by atoms with Crippen molar-refractivity contribution >= 4 is 22.9 Å². The van der Waals surface area contributed by atoms with E-state index in [4.69, 9.17) is 15.2 Å².